The van der Waals surface area contributed by atoms with Crippen molar-refractivity contribution in [1.82, 2.24) is 10.3 Å². The zero-order chi connectivity index (χ0) is 18.3. The van der Waals surface area contributed by atoms with Crippen molar-refractivity contribution in [2.45, 2.75) is 18.9 Å². The highest BCUT2D eigenvalue weighted by Gasteiger charge is 2.26. The van der Waals surface area contributed by atoms with Crippen molar-refractivity contribution in [3.63, 3.8) is 0 Å². The van der Waals surface area contributed by atoms with Gasteiger partial charge >= 0.3 is 11.8 Å². The van der Waals surface area contributed by atoms with E-state index in [0.717, 1.165) is 12.8 Å². The minimum Gasteiger partial charge on any atom is -0.436 e. The van der Waals surface area contributed by atoms with Crippen LogP contribution in [-0.2, 0) is 9.59 Å². The molecule has 8 heteroatoms. The fourth-order valence-corrected chi connectivity index (χ4v) is 2.86. The van der Waals surface area contributed by atoms with Crippen molar-refractivity contribution in [1.29, 1.82) is 0 Å². The molecule has 0 unspecified atom stereocenters. The number of carbonyl (C=O) groups excluding carboxylic acids is 2. The first kappa shape index (κ1) is 16.7. The molecule has 0 bridgehead atoms. The Labute approximate surface area is 155 Å². The van der Waals surface area contributed by atoms with Crippen LogP contribution in [0, 0.1) is 5.82 Å². The van der Waals surface area contributed by atoms with E-state index in [0.29, 0.717) is 26.8 Å². The van der Waals surface area contributed by atoms with Crippen LogP contribution in [0.25, 0.3) is 22.6 Å². The number of aromatic nitrogens is 1. The standard InChI is InChI=1S/C18H13BrFN3O3/c19-13-5-1-9(20)7-12(13)18-23-14-8-11(4-6-15(14)26-18)22-17(25)16(24)21-10-2-3-10/h1,4-8,10H,2-3H2,(H,21,24)(H,22,25). The van der Waals surface area contributed by atoms with E-state index in [1.54, 1.807) is 24.3 Å². The molecule has 0 atom stereocenters. The van der Waals surface area contributed by atoms with E-state index in [4.69, 9.17) is 4.42 Å². The summed E-state index contributed by atoms with van der Waals surface area (Å²) < 4.78 is 19.8. The number of benzene rings is 2. The van der Waals surface area contributed by atoms with E-state index >= 15 is 0 Å². The number of amides is 2. The van der Waals surface area contributed by atoms with Crippen LogP contribution < -0.4 is 10.6 Å². The van der Waals surface area contributed by atoms with E-state index in [-0.39, 0.29) is 11.9 Å². The van der Waals surface area contributed by atoms with Gasteiger partial charge in [0.15, 0.2) is 5.58 Å². The second-order valence-corrected chi connectivity index (χ2v) is 6.88. The van der Waals surface area contributed by atoms with Gasteiger partial charge in [0.05, 0.1) is 5.56 Å². The number of nitrogens with one attached hydrogen (secondary N) is 2. The first-order valence-corrected chi connectivity index (χ1v) is 8.77. The monoisotopic (exact) mass is 417 g/mol. The predicted molar refractivity (Wildman–Crippen MR) is 96.9 cm³/mol. The van der Waals surface area contributed by atoms with Crippen LogP contribution in [0.3, 0.4) is 0 Å². The molecule has 1 aromatic heterocycles. The summed E-state index contributed by atoms with van der Waals surface area (Å²) in [7, 11) is 0. The number of hydrogen-bond donors (Lipinski definition) is 2. The average Bonchev–Trinajstić information content (AvgIpc) is 3.32. The number of hydrogen-bond acceptors (Lipinski definition) is 4. The quantitative estimate of drug-likeness (QED) is 0.637. The molecule has 2 aromatic carbocycles. The molecule has 1 fully saturated rings. The van der Waals surface area contributed by atoms with Crippen molar-refractivity contribution >= 4 is 44.5 Å². The van der Waals surface area contributed by atoms with E-state index in [9.17, 15) is 14.0 Å². The normalized spacial score (nSPS) is 13.6. The molecule has 1 heterocycles. The zero-order valence-corrected chi connectivity index (χ0v) is 15.0. The van der Waals surface area contributed by atoms with Gasteiger partial charge in [-0.1, -0.05) is 0 Å². The van der Waals surface area contributed by atoms with Gasteiger partial charge in [-0.05, 0) is 65.2 Å². The van der Waals surface area contributed by atoms with Gasteiger partial charge in [0.25, 0.3) is 0 Å². The summed E-state index contributed by atoms with van der Waals surface area (Å²) in [6.45, 7) is 0. The maximum Gasteiger partial charge on any atom is 0.313 e. The van der Waals surface area contributed by atoms with Crippen LogP contribution in [-0.4, -0.2) is 22.8 Å². The van der Waals surface area contributed by atoms with Gasteiger partial charge in [-0.15, -0.1) is 0 Å². The number of carbonyl (C=O) groups is 2. The van der Waals surface area contributed by atoms with Crippen molar-refractivity contribution in [2.24, 2.45) is 0 Å². The molecule has 0 aliphatic heterocycles. The Balaban J connectivity index is 1.58. The first-order valence-electron chi connectivity index (χ1n) is 7.97. The SMILES string of the molecule is O=C(Nc1ccc2oc(-c3cc(F)ccc3Br)nc2c1)C(=O)NC1CC1. The fraction of sp³-hybridized carbons (Fsp3) is 0.167. The van der Waals surface area contributed by atoms with Gasteiger partial charge in [-0.2, -0.15) is 0 Å². The molecule has 4 rings (SSSR count). The molecule has 1 aliphatic rings. The Morgan fingerprint density at radius 2 is 1.96 bits per heavy atom. The molecular formula is C18H13BrFN3O3. The van der Waals surface area contributed by atoms with E-state index in [1.165, 1.54) is 12.1 Å². The highest BCUT2D eigenvalue weighted by molar-refractivity contribution is 9.10. The molecule has 0 radical (unpaired) electrons. The van der Waals surface area contributed by atoms with Gasteiger partial charge in [0, 0.05) is 16.2 Å². The summed E-state index contributed by atoms with van der Waals surface area (Å²) in [5.74, 6) is -1.54. The molecule has 2 N–H and O–H groups in total. The van der Waals surface area contributed by atoms with Gasteiger partial charge in [-0.25, -0.2) is 9.37 Å². The Morgan fingerprint density at radius 3 is 2.73 bits per heavy atom. The number of anilines is 1. The number of rotatable bonds is 3. The third-order valence-corrected chi connectivity index (χ3v) is 4.61. The van der Waals surface area contributed by atoms with Crippen LogP contribution in [0.15, 0.2) is 45.3 Å². The lowest BCUT2D eigenvalue weighted by atomic mass is 10.2. The maximum absolute atomic E-state index is 13.5. The van der Waals surface area contributed by atoms with Gasteiger partial charge in [0.1, 0.15) is 11.3 Å². The molecule has 3 aromatic rings. The summed E-state index contributed by atoms with van der Waals surface area (Å²) in [6.07, 6.45) is 1.81. The molecule has 2 amide bonds. The van der Waals surface area contributed by atoms with E-state index in [2.05, 4.69) is 31.5 Å². The molecule has 0 saturated heterocycles. The Morgan fingerprint density at radius 1 is 1.15 bits per heavy atom. The fourth-order valence-electron chi connectivity index (χ4n) is 2.45. The van der Waals surface area contributed by atoms with Crippen molar-refractivity contribution in [2.75, 3.05) is 5.32 Å². The molecule has 1 aliphatic carbocycles. The number of nitrogens with zero attached hydrogens (tertiary/aromatic N) is 1. The van der Waals surface area contributed by atoms with E-state index < -0.39 is 17.6 Å². The molecule has 6 nitrogen and oxygen atoms in total. The molecule has 132 valence electrons. The summed E-state index contributed by atoms with van der Waals surface area (Å²) in [4.78, 5) is 28.0. The Hall–Kier alpha value is -2.74. The molecule has 0 spiro atoms. The minimum absolute atomic E-state index is 0.110. The highest BCUT2D eigenvalue weighted by Crippen LogP contribution is 2.31. The smallest absolute Gasteiger partial charge is 0.313 e. The van der Waals surface area contributed by atoms with E-state index in [1.807, 2.05) is 0 Å². The Kier molecular flexibility index (Phi) is 4.20. The summed E-state index contributed by atoms with van der Waals surface area (Å²) in [5.41, 5.74) is 1.87. The van der Waals surface area contributed by atoms with Crippen molar-refractivity contribution in [3.05, 3.63) is 46.7 Å². The lowest BCUT2D eigenvalue weighted by Gasteiger charge is -2.05. The zero-order valence-electron chi connectivity index (χ0n) is 13.4. The third-order valence-electron chi connectivity index (χ3n) is 3.92. The summed E-state index contributed by atoms with van der Waals surface area (Å²) in [6, 6.07) is 9.17. The maximum atomic E-state index is 13.5. The Bertz CT molecular complexity index is 1030. The van der Waals surface area contributed by atoms with Gasteiger partial charge in [-0.3, -0.25) is 9.59 Å². The predicted octanol–water partition coefficient (Wildman–Crippen LogP) is 3.61. The highest BCUT2D eigenvalue weighted by atomic mass is 79.9. The molecule has 26 heavy (non-hydrogen) atoms. The van der Waals surface area contributed by atoms with Crippen molar-refractivity contribution < 1.29 is 18.4 Å². The second-order valence-electron chi connectivity index (χ2n) is 6.03. The molecular weight excluding hydrogens is 405 g/mol. The lowest BCUT2D eigenvalue weighted by Crippen LogP contribution is -2.36. The number of oxazole rings is 1. The van der Waals surface area contributed by atoms with Crippen LogP contribution >= 0.6 is 15.9 Å². The van der Waals surface area contributed by atoms with Crippen LogP contribution in [0.1, 0.15) is 12.8 Å². The lowest BCUT2D eigenvalue weighted by molar-refractivity contribution is -0.136. The second kappa shape index (κ2) is 6.53. The number of halogens is 2. The van der Waals surface area contributed by atoms with Gasteiger partial charge in [0.2, 0.25) is 5.89 Å². The van der Waals surface area contributed by atoms with Crippen LogP contribution in [0.2, 0.25) is 0 Å². The van der Waals surface area contributed by atoms with Crippen LogP contribution in [0.5, 0.6) is 0 Å². The van der Waals surface area contributed by atoms with Crippen LogP contribution in [0.4, 0.5) is 10.1 Å². The molecule has 1 saturated carbocycles. The largest absolute Gasteiger partial charge is 0.436 e. The minimum atomic E-state index is -0.729. The first-order chi connectivity index (χ1) is 12.5. The summed E-state index contributed by atoms with van der Waals surface area (Å²) in [5, 5.41) is 5.16. The summed E-state index contributed by atoms with van der Waals surface area (Å²) >= 11 is 3.34. The topological polar surface area (TPSA) is 84.2 Å². The van der Waals surface area contributed by atoms with Crippen molar-refractivity contribution in [3.8, 4) is 11.5 Å². The number of fused-ring (bicyclic) bond motifs is 1. The average molecular weight is 418 g/mol. The van der Waals surface area contributed by atoms with Gasteiger partial charge < -0.3 is 15.1 Å². The third kappa shape index (κ3) is 3.45.